The Labute approximate surface area is 128 Å². The lowest BCUT2D eigenvalue weighted by Crippen LogP contribution is -2.20. The molecule has 0 fully saturated rings. The Hall–Kier alpha value is -1.77. The van der Waals surface area contributed by atoms with Gasteiger partial charge in [-0.05, 0) is 35.6 Å². The second kappa shape index (κ2) is 8.50. The van der Waals surface area contributed by atoms with Crippen molar-refractivity contribution < 1.29 is 9.53 Å². The lowest BCUT2D eigenvalue weighted by molar-refractivity contribution is -0.116. The van der Waals surface area contributed by atoms with Crippen molar-refractivity contribution in [3.05, 3.63) is 42.0 Å². The summed E-state index contributed by atoms with van der Waals surface area (Å²) in [5, 5.41) is 2.88. The topological polar surface area (TPSA) is 38.3 Å². The second-order valence-corrected chi connectivity index (χ2v) is 6.27. The highest BCUT2D eigenvalue weighted by atomic mass is 16.5. The Kier molecular flexibility index (Phi) is 7.00. The summed E-state index contributed by atoms with van der Waals surface area (Å²) >= 11 is 0. The summed E-state index contributed by atoms with van der Waals surface area (Å²) in [5.41, 5.74) is 1.06. The zero-order chi connectivity index (χ0) is 15.7. The first kappa shape index (κ1) is 17.3. The Morgan fingerprint density at radius 1 is 1.33 bits per heavy atom. The van der Waals surface area contributed by atoms with E-state index in [-0.39, 0.29) is 11.3 Å². The molecule has 0 saturated heterocycles. The van der Waals surface area contributed by atoms with Crippen molar-refractivity contribution in [2.24, 2.45) is 5.41 Å². The molecule has 0 aliphatic carbocycles. The number of ether oxygens (including phenoxy) is 1. The highest BCUT2D eigenvalue weighted by molar-refractivity contribution is 5.87. The van der Waals surface area contributed by atoms with Gasteiger partial charge in [-0.2, -0.15) is 0 Å². The van der Waals surface area contributed by atoms with E-state index in [0.29, 0.717) is 6.54 Å². The van der Waals surface area contributed by atoms with Crippen molar-refractivity contribution in [3.8, 4) is 5.75 Å². The third-order valence-electron chi connectivity index (χ3n) is 2.87. The molecule has 0 bridgehead atoms. The van der Waals surface area contributed by atoms with E-state index in [9.17, 15) is 4.79 Å². The number of carbonyl (C=O) groups is 1. The van der Waals surface area contributed by atoms with Gasteiger partial charge in [0.2, 0.25) is 5.91 Å². The second-order valence-electron chi connectivity index (χ2n) is 6.27. The van der Waals surface area contributed by atoms with E-state index in [2.05, 4.69) is 33.0 Å². The average molecular weight is 289 g/mol. The van der Waals surface area contributed by atoms with Gasteiger partial charge < -0.3 is 10.1 Å². The molecule has 1 amide bonds. The number of allylic oxidation sites excluding steroid dienone is 1. The van der Waals surface area contributed by atoms with Crippen LogP contribution in [-0.2, 0) is 11.3 Å². The van der Waals surface area contributed by atoms with Crippen LogP contribution in [0.1, 0.15) is 46.1 Å². The third kappa shape index (κ3) is 8.18. The van der Waals surface area contributed by atoms with E-state index in [1.54, 1.807) is 6.08 Å². The fourth-order valence-corrected chi connectivity index (χ4v) is 1.65. The molecule has 21 heavy (non-hydrogen) atoms. The van der Waals surface area contributed by atoms with Crippen LogP contribution in [0.15, 0.2) is 36.4 Å². The standard InChI is InChI=1S/C18H27NO2/c1-5-6-12-21-16-9-7-8-15(13-16)14-19-17(20)10-11-18(2,3)4/h7-11,13H,5-6,12,14H2,1-4H3,(H,19,20). The van der Waals surface area contributed by atoms with Crippen LogP contribution in [0.3, 0.4) is 0 Å². The molecule has 0 aliphatic rings. The highest BCUT2D eigenvalue weighted by Gasteiger charge is 2.05. The summed E-state index contributed by atoms with van der Waals surface area (Å²) in [7, 11) is 0. The van der Waals surface area contributed by atoms with Crippen LogP contribution in [0, 0.1) is 5.41 Å². The maximum absolute atomic E-state index is 11.7. The minimum absolute atomic E-state index is 0.0182. The monoisotopic (exact) mass is 289 g/mol. The van der Waals surface area contributed by atoms with Crippen molar-refractivity contribution in [1.29, 1.82) is 0 Å². The lowest BCUT2D eigenvalue weighted by Gasteiger charge is -2.11. The number of amides is 1. The molecule has 0 atom stereocenters. The Morgan fingerprint density at radius 2 is 2.10 bits per heavy atom. The number of unbranched alkanes of at least 4 members (excludes halogenated alkanes) is 1. The third-order valence-corrected chi connectivity index (χ3v) is 2.87. The lowest BCUT2D eigenvalue weighted by atomic mass is 9.96. The highest BCUT2D eigenvalue weighted by Crippen LogP contribution is 2.15. The quantitative estimate of drug-likeness (QED) is 0.606. The van der Waals surface area contributed by atoms with E-state index in [0.717, 1.165) is 30.8 Å². The van der Waals surface area contributed by atoms with E-state index in [4.69, 9.17) is 4.74 Å². The van der Waals surface area contributed by atoms with Crippen LogP contribution in [0.25, 0.3) is 0 Å². The fourth-order valence-electron chi connectivity index (χ4n) is 1.65. The number of carbonyl (C=O) groups excluding carboxylic acids is 1. The van der Waals surface area contributed by atoms with Gasteiger partial charge in [-0.3, -0.25) is 4.79 Å². The molecule has 1 N–H and O–H groups in total. The minimum atomic E-state index is -0.0674. The van der Waals surface area contributed by atoms with Crippen LogP contribution in [0.4, 0.5) is 0 Å². The molecule has 3 nitrogen and oxygen atoms in total. The molecule has 0 aliphatic heterocycles. The van der Waals surface area contributed by atoms with Gasteiger partial charge in [-0.15, -0.1) is 0 Å². The maximum Gasteiger partial charge on any atom is 0.243 e. The van der Waals surface area contributed by atoms with Gasteiger partial charge >= 0.3 is 0 Å². The summed E-state index contributed by atoms with van der Waals surface area (Å²) in [6, 6.07) is 7.86. The van der Waals surface area contributed by atoms with Crippen molar-refractivity contribution in [1.82, 2.24) is 5.32 Å². The molecule has 1 aromatic rings. The number of hydrogen-bond donors (Lipinski definition) is 1. The van der Waals surface area contributed by atoms with Gasteiger partial charge in [-0.1, -0.05) is 52.3 Å². The molecule has 0 spiro atoms. The molecular weight excluding hydrogens is 262 g/mol. The molecule has 1 aromatic carbocycles. The molecule has 1 rings (SSSR count). The van der Waals surface area contributed by atoms with Crippen LogP contribution in [0.2, 0.25) is 0 Å². The zero-order valence-corrected chi connectivity index (χ0v) is 13.6. The van der Waals surface area contributed by atoms with Crippen LogP contribution in [-0.4, -0.2) is 12.5 Å². The summed E-state index contributed by atoms with van der Waals surface area (Å²) < 4.78 is 5.66. The summed E-state index contributed by atoms with van der Waals surface area (Å²) in [5.74, 6) is 0.794. The van der Waals surface area contributed by atoms with E-state index in [1.807, 2.05) is 30.3 Å². The van der Waals surface area contributed by atoms with Gasteiger partial charge in [0.05, 0.1) is 6.61 Å². The van der Waals surface area contributed by atoms with Gasteiger partial charge in [-0.25, -0.2) is 0 Å². The van der Waals surface area contributed by atoms with Gasteiger partial charge in [0.1, 0.15) is 5.75 Å². The van der Waals surface area contributed by atoms with E-state index >= 15 is 0 Å². The summed E-state index contributed by atoms with van der Waals surface area (Å²) in [6.45, 7) is 9.58. The Morgan fingerprint density at radius 3 is 2.76 bits per heavy atom. The maximum atomic E-state index is 11.7. The SMILES string of the molecule is CCCCOc1cccc(CNC(=O)C=CC(C)(C)C)c1. The first-order valence-corrected chi connectivity index (χ1v) is 7.59. The average Bonchev–Trinajstić information content (AvgIpc) is 2.43. The van der Waals surface area contributed by atoms with Crippen LogP contribution < -0.4 is 10.1 Å². The Balaban J connectivity index is 2.46. The number of benzene rings is 1. The predicted octanol–water partition coefficient (Wildman–Crippen LogP) is 4.08. The van der Waals surface area contributed by atoms with E-state index in [1.165, 1.54) is 0 Å². The van der Waals surface area contributed by atoms with Gasteiger partial charge in [0.15, 0.2) is 0 Å². The minimum Gasteiger partial charge on any atom is -0.494 e. The summed E-state index contributed by atoms with van der Waals surface area (Å²) in [6.07, 6.45) is 5.68. The van der Waals surface area contributed by atoms with Crippen molar-refractivity contribution in [3.63, 3.8) is 0 Å². The van der Waals surface area contributed by atoms with Crippen LogP contribution in [0.5, 0.6) is 5.75 Å². The zero-order valence-electron chi connectivity index (χ0n) is 13.6. The smallest absolute Gasteiger partial charge is 0.243 e. The number of hydrogen-bond acceptors (Lipinski definition) is 2. The molecule has 0 unspecified atom stereocenters. The van der Waals surface area contributed by atoms with Crippen molar-refractivity contribution in [2.45, 2.75) is 47.1 Å². The largest absolute Gasteiger partial charge is 0.494 e. The first-order chi connectivity index (χ1) is 9.90. The van der Waals surface area contributed by atoms with Gasteiger partial charge in [0, 0.05) is 6.54 Å². The molecule has 0 heterocycles. The molecule has 3 heteroatoms. The molecular formula is C18H27NO2. The number of rotatable bonds is 7. The van der Waals surface area contributed by atoms with Crippen molar-refractivity contribution >= 4 is 5.91 Å². The van der Waals surface area contributed by atoms with Gasteiger partial charge in [0.25, 0.3) is 0 Å². The van der Waals surface area contributed by atoms with E-state index < -0.39 is 0 Å². The summed E-state index contributed by atoms with van der Waals surface area (Å²) in [4.78, 5) is 11.7. The van der Waals surface area contributed by atoms with Crippen molar-refractivity contribution in [2.75, 3.05) is 6.61 Å². The molecule has 116 valence electrons. The molecule has 0 radical (unpaired) electrons. The Bertz CT molecular complexity index is 472. The molecule has 0 saturated carbocycles. The predicted molar refractivity (Wildman–Crippen MR) is 87.3 cm³/mol. The first-order valence-electron chi connectivity index (χ1n) is 7.59. The molecule has 0 aromatic heterocycles. The number of nitrogens with one attached hydrogen (secondary N) is 1. The van der Waals surface area contributed by atoms with Crippen LogP contribution >= 0.6 is 0 Å². The fraction of sp³-hybridized carbons (Fsp3) is 0.500. The normalized spacial score (nSPS) is 11.6.